The summed E-state index contributed by atoms with van der Waals surface area (Å²) in [5.41, 5.74) is 1.29. The van der Waals surface area contributed by atoms with Crippen LogP contribution in [-0.2, 0) is 17.9 Å². The normalized spacial score (nSPS) is 24.1. The van der Waals surface area contributed by atoms with E-state index in [-0.39, 0.29) is 6.04 Å². The number of likely N-dealkylation sites (tertiary alicyclic amines) is 2. The van der Waals surface area contributed by atoms with E-state index in [0.717, 1.165) is 58.4 Å². The van der Waals surface area contributed by atoms with Crippen molar-refractivity contribution in [1.29, 1.82) is 0 Å². The molecule has 27 heavy (non-hydrogen) atoms. The molecule has 0 saturated carbocycles. The average molecular weight is 367 g/mol. The van der Waals surface area contributed by atoms with E-state index in [4.69, 9.17) is 0 Å². The van der Waals surface area contributed by atoms with Crippen molar-refractivity contribution in [3.63, 3.8) is 0 Å². The zero-order valence-corrected chi connectivity index (χ0v) is 15.9. The van der Waals surface area contributed by atoms with Crippen LogP contribution in [-0.4, -0.2) is 56.4 Å². The molecule has 2 aromatic rings. The van der Waals surface area contributed by atoms with E-state index in [9.17, 15) is 4.79 Å². The van der Waals surface area contributed by atoms with Gasteiger partial charge in [-0.1, -0.05) is 42.0 Å². The molecule has 1 amide bonds. The first-order chi connectivity index (χ1) is 13.3. The van der Waals surface area contributed by atoms with Gasteiger partial charge in [-0.25, -0.2) is 0 Å². The Bertz CT molecular complexity index is 717. The van der Waals surface area contributed by atoms with Gasteiger partial charge in [0, 0.05) is 32.4 Å². The van der Waals surface area contributed by atoms with Crippen molar-refractivity contribution in [2.24, 2.45) is 5.92 Å². The number of amides is 1. The molecule has 0 spiro atoms. The molecule has 0 bridgehead atoms. The zero-order valence-electron chi connectivity index (χ0n) is 15.9. The van der Waals surface area contributed by atoms with Crippen LogP contribution in [0, 0.1) is 5.92 Å². The first-order valence-corrected chi connectivity index (χ1v) is 10.2. The van der Waals surface area contributed by atoms with Crippen LogP contribution in [0.3, 0.4) is 0 Å². The van der Waals surface area contributed by atoms with Gasteiger partial charge >= 0.3 is 0 Å². The standard InChI is InChI=1S/C21H29N5O/c27-21(25-13-6-9-19(16-25)17-26-14-11-22-23-26)20-10-4-5-12-24(20)15-18-7-2-1-3-8-18/h1-3,7-8,11,14,19-20H,4-6,9-10,12-13,15-17H2. The second-order valence-corrected chi connectivity index (χ2v) is 7.89. The fourth-order valence-electron chi connectivity index (χ4n) is 4.50. The lowest BCUT2D eigenvalue weighted by Crippen LogP contribution is -2.53. The minimum absolute atomic E-state index is 0.0316. The Balaban J connectivity index is 1.40. The van der Waals surface area contributed by atoms with E-state index < -0.39 is 0 Å². The molecule has 2 unspecified atom stereocenters. The van der Waals surface area contributed by atoms with E-state index >= 15 is 0 Å². The quantitative estimate of drug-likeness (QED) is 0.815. The van der Waals surface area contributed by atoms with E-state index in [2.05, 4.69) is 44.4 Å². The Kier molecular flexibility index (Phi) is 5.82. The molecule has 0 radical (unpaired) electrons. The number of carbonyl (C=O) groups excluding carboxylic acids is 1. The molecule has 6 heteroatoms. The van der Waals surface area contributed by atoms with Gasteiger partial charge in [-0.05, 0) is 43.7 Å². The van der Waals surface area contributed by atoms with Crippen molar-refractivity contribution in [2.75, 3.05) is 19.6 Å². The average Bonchev–Trinajstić information content (AvgIpc) is 3.22. The number of rotatable bonds is 5. The molecular weight excluding hydrogens is 338 g/mol. The maximum atomic E-state index is 13.4. The monoisotopic (exact) mass is 367 g/mol. The van der Waals surface area contributed by atoms with Crippen LogP contribution in [0.15, 0.2) is 42.7 Å². The molecule has 2 atom stereocenters. The van der Waals surface area contributed by atoms with Crippen LogP contribution in [0.5, 0.6) is 0 Å². The first-order valence-electron chi connectivity index (χ1n) is 10.2. The number of nitrogens with zero attached hydrogens (tertiary/aromatic N) is 5. The van der Waals surface area contributed by atoms with Gasteiger partial charge in [-0.15, -0.1) is 5.10 Å². The molecule has 2 aliphatic rings. The Morgan fingerprint density at radius 1 is 1.07 bits per heavy atom. The van der Waals surface area contributed by atoms with Gasteiger partial charge in [0.05, 0.1) is 12.2 Å². The van der Waals surface area contributed by atoms with Crippen molar-refractivity contribution in [2.45, 2.75) is 51.2 Å². The van der Waals surface area contributed by atoms with E-state index in [0.29, 0.717) is 11.8 Å². The summed E-state index contributed by atoms with van der Waals surface area (Å²) in [4.78, 5) is 17.9. The van der Waals surface area contributed by atoms with Gasteiger partial charge in [-0.3, -0.25) is 14.4 Å². The van der Waals surface area contributed by atoms with Crippen LogP contribution in [0.4, 0.5) is 0 Å². The number of carbonyl (C=O) groups is 1. The number of hydrogen-bond donors (Lipinski definition) is 0. The Hall–Kier alpha value is -2.21. The van der Waals surface area contributed by atoms with Gasteiger partial charge in [0.15, 0.2) is 0 Å². The molecule has 144 valence electrons. The smallest absolute Gasteiger partial charge is 0.239 e. The number of hydrogen-bond acceptors (Lipinski definition) is 4. The summed E-state index contributed by atoms with van der Waals surface area (Å²) in [6.45, 7) is 4.47. The molecule has 2 aliphatic heterocycles. The molecule has 1 aromatic carbocycles. The molecule has 2 saturated heterocycles. The SMILES string of the molecule is O=C(C1CCCCN1Cc1ccccc1)N1CCCC(Cn2ccnn2)C1. The second kappa shape index (κ2) is 8.65. The summed E-state index contributed by atoms with van der Waals surface area (Å²) in [6, 6.07) is 10.6. The molecule has 1 aromatic heterocycles. The van der Waals surface area contributed by atoms with Gasteiger partial charge in [0.2, 0.25) is 5.91 Å². The summed E-state index contributed by atoms with van der Waals surface area (Å²) in [7, 11) is 0. The highest BCUT2D eigenvalue weighted by molar-refractivity contribution is 5.82. The summed E-state index contributed by atoms with van der Waals surface area (Å²) in [5.74, 6) is 0.796. The lowest BCUT2D eigenvalue weighted by atomic mass is 9.95. The summed E-state index contributed by atoms with van der Waals surface area (Å²) in [6.07, 6.45) is 9.18. The highest BCUT2D eigenvalue weighted by atomic mass is 16.2. The molecule has 0 aliphatic carbocycles. The van der Waals surface area contributed by atoms with E-state index in [1.807, 2.05) is 16.9 Å². The Morgan fingerprint density at radius 3 is 2.78 bits per heavy atom. The maximum absolute atomic E-state index is 13.4. The van der Waals surface area contributed by atoms with Crippen molar-refractivity contribution in [1.82, 2.24) is 24.8 Å². The lowest BCUT2D eigenvalue weighted by molar-refractivity contribution is -0.140. The van der Waals surface area contributed by atoms with Crippen molar-refractivity contribution in [3.8, 4) is 0 Å². The Morgan fingerprint density at radius 2 is 1.96 bits per heavy atom. The zero-order chi connectivity index (χ0) is 18.5. The van der Waals surface area contributed by atoms with E-state index in [1.165, 1.54) is 12.0 Å². The van der Waals surface area contributed by atoms with Crippen LogP contribution in [0.25, 0.3) is 0 Å². The van der Waals surface area contributed by atoms with Gasteiger partial charge in [0.25, 0.3) is 0 Å². The minimum atomic E-state index is 0.0316. The topological polar surface area (TPSA) is 54.3 Å². The fourth-order valence-corrected chi connectivity index (χ4v) is 4.50. The van der Waals surface area contributed by atoms with Crippen molar-refractivity contribution < 1.29 is 4.79 Å². The molecule has 2 fully saturated rings. The minimum Gasteiger partial charge on any atom is -0.341 e. The summed E-state index contributed by atoms with van der Waals surface area (Å²) < 4.78 is 1.89. The number of piperidine rings is 2. The van der Waals surface area contributed by atoms with Gasteiger partial charge in [-0.2, -0.15) is 0 Å². The van der Waals surface area contributed by atoms with Gasteiger partial charge < -0.3 is 4.90 Å². The molecule has 0 N–H and O–H groups in total. The third-order valence-corrected chi connectivity index (χ3v) is 5.88. The predicted molar refractivity (Wildman–Crippen MR) is 104 cm³/mol. The third kappa shape index (κ3) is 4.56. The largest absolute Gasteiger partial charge is 0.341 e. The summed E-state index contributed by atoms with van der Waals surface area (Å²) >= 11 is 0. The predicted octanol–water partition coefficient (Wildman–Crippen LogP) is 2.57. The molecular formula is C21H29N5O. The fraction of sp³-hybridized carbons (Fsp3) is 0.571. The van der Waals surface area contributed by atoms with Crippen LogP contribution < -0.4 is 0 Å². The summed E-state index contributed by atoms with van der Waals surface area (Å²) in [5, 5.41) is 7.97. The highest BCUT2D eigenvalue weighted by Gasteiger charge is 2.34. The van der Waals surface area contributed by atoms with E-state index in [1.54, 1.807) is 6.20 Å². The van der Waals surface area contributed by atoms with Crippen molar-refractivity contribution in [3.05, 3.63) is 48.3 Å². The maximum Gasteiger partial charge on any atom is 0.239 e. The molecule has 4 rings (SSSR count). The Labute approximate surface area is 161 Å². The lowest BCUT2D eigenvalue weighted by Gasteiger charge is -2.40. The highest BCUT2D eigenvalue weighted by Crippen LogP contribution is 2.25. The number of benzene rings is 1. The van der Waals surface area contributed by atoms with Gasteiger partial charge in [0.1, 0.15) is 0 Å². The van der Waals surface area contributed by atoms with Crippen LogP contribution in [0.2, 0.25) is 0 Å². The van der Waals surface area contributed by atoms with Crippen LogP contribution >= 0.6 is 0 Å². The van der Waals surface area contributed by atoms with Crippen molar-refractivity contribution >= 4 is 5.91 Å². The second-order valence-electron chi connectivity index (χ2n) is 7.89. The van der Waals surface area contributed by atoms with Crippen LogP contribution in [0.1, 0.15) is 37.7 Å². The number of aromatic nitrogens is 3. The third-order valence-electron chi connectivity index (χ3n) is 5.88. The first kappa shape index (κ1) is 18.2. The molecule has 6 nitrogen and oxygen atoms in total. The molecule has 3 heterocycles.